The molecule has 74 valence electrons. The monoisotopic (exact) mass is 196 g/mol. The van der Waals surface area contributed by atoms with Crippen LogP contribution in [0.4, 0.5) is 0 Å². The van der Waals surface area contributed by atoms with Crippen molar-refractivity contribution in [2.75, 3.05) is 0 Å². The second kappa shape index (κ2) is 2.01. The Morgan fingerprint density at radius 1 is 0.733 bits per heavy atom. The molecule has 4 fully saturated rings. The van der Waals surface area contributed by atoms with E-state index in [1.807, 2.05) is 0 Å². The number of hydrogen-bond donors (Lipinski definition) is 0. The first-order chi connectivity index (χ1) is 7.47. The average molecular weight is 196 g/mol. The summed E-state index contributed by atoms with van der Waals surface area (Å²) in [5.74, 6) is 4.88. The van der Waals surface area contributed by atoms with Crippen molar-refractivity contribution in [3.8, 4) is 0 Å². The van der Waals surface area contributed by atoms with E-state index in [0.717, 1.165) is 29.6 Å². The van der Waals surface area contributed by atoms with Gasteiger partial charge in [-0.2, -0.15) is 10.2 Å². The third kappa shape index (κ3) is 0.656. The molecule has 4 saturated carbocycles. The maximum absolute atomic E-state index is 4.52. The third-order valence-electron chi connectivity index (χ3n) is 5.00. The van der Waals surface area contributed by atoms with Gasteiger partial charge in [-0.1, -0.05) is 30.3 Å². The summed E-state index contributed by atoms with van der Waals surface area (Å²) in [4.78, 5) is 0. The molecule has 2 nitrogen and oxygen atoms in total. The smallest absolute Gasteiger partial charge is 0.101 e. The van der Waals surface area contributed by atoms with Crippen LogP contribution in [0.2, 0.25) is 0 Å². The second-order valence-electron chi connectivity index (χ2n) is 5.46. The van der Waals surface area contributed by atoms with Crippen LogP contribution in [0.3, 0.4) is 0 Å². The lowest BCUT2D eigenvalue weighted by Crippen LogP contribution is -2.13. The quantitative estimate of drug-likeness (QED) is 0.659. The molecule has 0 amide bonds. The Kier molecular flexibility index (Phi) is 0.960. The fourth-order valence-corrected chi connectivity index (χ4v) is 4.31. The summed E-state index contributed by atoms with van der Waals surface area (Å²) < 4.78 is 0. The Bertz CT molecular complexity index is 457. The number of azo groups is 1. The maximum Gasteiger partial charge on any atom is 0.101 e. The van der Waals surface area contributed by atoms with Crippen molar-refractivity contribution in [1.82, 2.24) is 0 Å². The van der Waals surface area contributed by atoms with E-state index in [0.29, 0.717) is 12.1 Å². The summed E-state index contributed by atoms with van der Waals surface area (Å²) in [6.45, 7) is 0. The third-order valence-corrected chi connectivity index (χ3v) is 5.00. The standard InChI is InChI=1S/C13H12N2/c1-2-4-6(5-3-1)12-11-9-7-8(9)10(7)13(11)15-14-12/h1-5,7-13H/t7-,8?,9?,10?,11-,12+,13-/m0/s1. The molecule has 4 aliphatic carbocycles. The van der Waals surface area contributed by atoms with Crippen molar-refractivity contribution in [3.05, 3.63) is 35.9 Å². The van der Waals surface area contributed by atoms with Gasteiger partial charge in [-0.15, -0.1) is 0 Å². The molecule has 0 aromatic heterocycles. The van der Waals surface area contributed by atoms with E-state index < -0.39 is 0 Å². The summed E-state index contributed by atoms with van der Waals surface area (Å²) in [6.07, 6.45) is 0. The van der Waals surface area contributed by atoms with Crippen LogP contribution >= 0.6 is 0 Å². The minimum absolute atomic E-state index is 0.390. The minimum Gasteiger partial charge on any atom is -0.189 e. The average Bonchev–Trinajstić information content (AvgIpc) is 3.01. The van der Waals surface area contributed by atoms with Crippen molar-refractivity contribution < 1.29 is 0 Å². The molecule has 1 aromatic rings. The molecular weight excluding hydrogens is 184 g/mol. The Morgan fingerprint density at radius 2 is 1.47 bits per heavy atom. The van der Waals surface area contributed by atoms with Crippen LogP contribution in [-0.2, 0) is 0 Å². The predicted octanol–water partition coefficient (Wildman–Crippen LogP) is 2.68. The van der Waals surface area contributed by atoms with E-state index >= 15 is 0 Å². The van der Waals surface area contributed by atoms with Crippen LogP contribution in [0.15, 0.2) is 40.6 Å². The van der Waals surface area contributed by atoms with Gasteiger partial charge in [-0.05, 0) is 29.2 Å². The van der Waals surface area contributed by atoms with Gasteiger partial charge in [0.05, 0.1) is 6.04 Å². The highest BCUT2D eigenvalue weighted by Crippen LogP contribution is 2.86. The van der Waals surface area contributed by atoms with Crippen LogP contribution < -0.4 is 0 Å². The summed E-state index contributed by atoms with van der Waals surface area (Å²) in [6, 6.07) is 11.7. The van der Waals surface area contributed by atoms with Crippen LogP contribution in [0.1, 0.15) is 11.6 Å². The second-order valence-corrected chi connectivity index (χ2v) is 5.46. The number of hydrogen-bond acceptors (Lipinski definition) is 2. The highest BCUT2D eigenvalue weighted by Gasteiger charge is 2.86. The molecule has 6 rings (SSSR count). The summed E-state index contributed by atoms with van der Waals surface area (Å²) in [5.41, 5.74) is 1.38. The van der Waals surface area contributed by atoms with Crippen molar-refractivity contribution >= 4 is 0 Å². The first-order valence-corrected chi connectivity index (χ1v) is 5.92. The van der Waals surface area contributed by atoms with E-state index in [1.54, 1.807) is 0 Å². The van der Waals surface area contributed by atoms with E-state index in [9.17, 15) is 0 Å². The van der Waals surface area contributed by atoms with Gasteiger partial charge >= 0.3 is 0 Å². The van der Waals surface area contributed by atoms with Gasteiger partial charge in [0.1, 0.15) is 6.04 Å². The Morgan fingerprint density at radius 3 is 2.27 bits per heavy atom. The molecule has 7 atom stereocenters. The summed E-state index contributed by atoms with van der Waals surface area (Å²) in [7, 11) is 0. The van der Waals surface area contributed by atoms with Crippen molar-refractivity contribution in [2.24, 2.45) is 39.8 Å². The molecule has 0 spiro atoms. The fourth-order valence-electron chi connectivity index (χ4n) is 4.31. The molecular formula is C13H12N2. The molecule has 15 heavy (non-hydrogen) atoms. The van der Waals surface area contributed by atoms with Gasteiger partial charge in [0.2, 0.25) is 0 Å². The first-order valence-electron chi connectivity index (χ1n) is 5.92. The topological polar surface area (TPSA) is 24.7 Å². The minimum atomic E-state index is 0.390. The highest BCUT2D eigenvalue weighted by molar-refractivity contribution is 5.37. The van der Waals surface area contributed by atoms with Gasteiger partial charge in [0.15, 0.2) is 0 Å². The summed E-state index contributed by atoms with van der Waals surface area (Å²) in [5, 5.41) is 9.03. The Hall–Kier alpha value is -1.18. The molecule has 0 N–H and O–H groups in total. The first kappa shape index (κ1) is 7.15. The zero-order chi connectivity index (χ0) is 9.57. The van der Waals surface area contributed by atoms with Crippen LogP contribution in [-0.4, -0.2) is 6.04 Å². The molecule has 2 bridgehead atoms. The Balaban J connectivity index is 1.58. The van der Waals surface area contributed by atoms with Crippen LogP contribution in [0, 0.1) is 29.6 Å². The largest absolute Gasteiger partial charge is 0.189 e. The van der Waals surface area contributed by atoms with Gasteiger partial charge in [-0.25, -0.2) is 0 Å². The molecule has 0 radical (unpaired) electrons. The van der Waals surface area contributed by atoms with Crippen molar-refractivity contribution in [1.29, 1.82) is 0 Å². The lowest BCUT2D eigenvalue weighted by Gasteiger charge is -2.15. The van der Waals surface area contributed by atoms with Gasteiger partial charge in [0, 0.05) is 5.92 Å². The van der Waals surface area contributed by atoms with Crippen LogP contribution in [0.5, 0.6) is 0 Å². The van der Waals surface area contributed by atoms with Gasteiger partial charge in [-0.3, -0.25) is 0 Å². The van der Waals surface area contributed by atoms with Crippen molar-refractivity contribution in [3.63, 3.8) is 0 Å². The molecule has 5 aliphatic rings. The van der Waals surface area contributed by atoms with E-state index in [1.165, 1.54) is 5.56 Å². The van der Waals surface area contributed by atoms with E-state index in [4.69, 9.17) is 0 Å². The van der Waals surface area contributed by atoms with Gasteiger partial charge < -0.3 is 0 Å². The number of rotatable bonds is 1. The van der Waals surface area contributed by atoms with E-state index in [-0.39, 0.29) is 0 Å². The molecule has 2 heteroatoms. The molecule has 0 saturated heterocycles. The number of nitrogens with zero attached hydrogens (tertiary/aromatic N) is 2. The van der Waals surface area contributed by atoms with Crippen molar-refractivity contribution in [2.45, 2.75) is 12.1 Å². The maximum atomic E-state index is 4.52. The molecule has 1 aromatic carbocycles. The summed E-state index contributed by atoms with van der Waals surface area (Å²) >= 11 is 0. The number of benzene rings is 1. The molecule has 1 heterocycles. The normalized spacial score (nSPS) is 56.4. The van der Waals surface area contributed by atoms with E-state index in [2.05, 4.69) is 40.6 Å². The zero-order valence-electron chi connectivity index (χ0n) is 8.32. The SMILES string of the molecule is c1ccc([C@H]2N=N[C@H]3C4C5C([C@H]54)[C@@H]23)cc1. The predicted molar refractivity (Wildman–Crippen MR) is 55.3 cm³/mol. The molecule has 3 unspecified atom stereocenters. The lowest BCUT2D eigenvalue weighted by atomic mass is 9.90. The highest BCUT2D eigenvalue weighted by atomic mass is 15.2. The van der Waals surface area contributed by atoms with Crippen LogP contribution in [0.25, 0.3) is 0 Å². The van der Waals surface area contributed by atoms with Gasteiger partial charge in [0.25, 0.3) is 0 Å². The molecule has 1 aliphatic heterocycles. The fraction of sp³-hybridized carbons (Fsp3) is 0.538. The zero-order valence-corrected chi connectivity index (χ0v) is 8.32. The Labute approximate surface area is 88.4 Å². The lowest BCUT2D eigenvalue weighted by molar-refractivity contribution is 0.434.